The van der Waals surface area contributed by atoms with Crippen LogP contribution in [0.15, 0.2) is 18.2 Å². The predicted molar refractivity (Wildman–Crippen MR) is 71.8 cm³/mol. The third-order valence-electron chi connectivity index (χ3n) is 3.03. The maximum Gasteiger partial charge on any atom is 0.333 e. The molecule has 0 bridgehead atoms. The summed E-state index contributed by atoms with van der Waals surface area (Å²) in [5.74, 6) is -0.554. The number of carboxylic acids is 1. The van der Waals surface area contributed by atoms with Crippen LogP contribution in [0, 0.1) is 19.8 Å². The Morgan fingerprint density at radius 1 is 1.33 bits per heavy atom. The number of carbonyl (C=O) groups is 1. The summed E-state index contributed by atoms with van der Waals surface area (Å²) in [6.07, 6.45) is -0.330. The summed E-state index contributed by atoms with van der Waals surface area (Å²) in [7, 11) is 0. The highest BCUT2D eigenvalue weighted by Gasteiger charge is 2.20. The Kier molecular flexibility index (Phi) is 5.35. The van der Waals surface area contributed by atoms with Crippen LogP contribution in [0.25, 0.3) is 0 Å². The molecule has 100 valence electrons. The normalized spacial score (nSPS) is 12.7. The molecule has 18 heavy (non-hydrogen) atoms. The minimum atomic E-state index is -0.892. The molecule has 0 aliphatic heterocycles. The summed E-state index contributed by atoms with van der Waals surface area (Å²) < 4.78 is 5.46. The average Bonchev–Trinajstić information content (AvgIpc) is 2.29. The Bertz CT molecular complexity index is 410. The molecule has 0 aliphatic carbocycles. The van der Waals surface area contributed by atoms with Crippen molar-refractivity contribution in [2.45, 2.75) is 40.2 Å². The molecule has 1 atom stereocenters. The topological polar surface area (TPSA) is 46.5 Å². The number of aryl methyl sites for hydroxylation is 1. The molecule has 0 saturated carbocycles. The van der Waals surface area contributed by atoms with Crippen LogP contribution < -0.4 is 0 Å². The van der Waals surface area contributed by atoms with Gasteiger partial charge >= 0.3 is 5.97 Å². The number of aliphatic carboxylic acids is 1. The molecule has 0 radical (unpaired) electrons. The van der Waals surface area contributed by atoms with Crippen LogP contribution in [0.5, 0.6) is 0 Å². The number of carboxylic acid groups (broad SMARTS) is 1. The largest absolute Gasteiger partial charge is 0.479 e. The van der Waals surface area contributed by atoms with E-state index >= 15 is 0 Å². The first-order valence-corrected chi connectivity index (χ1v) is 6.31. The third kappa shape index (κ3) is 4.15. The Balaban J connectivity index is 2.77. The molecule has 1 rings (SSSR count). The number of hydrogen-bond acceptors (Lipinski definition) is 2. The number of hydrogen-bond donors (Lipinski definition) is 1. The van der Waals surface area contributed by atoms with Gasteiger partial charge in [-0.1, -0.05) is 32.0 Å². The molecule has 0 amide bonds. The van der Waals surface area contributed by atoms with Crippen LogP contribution in [0.2, 0.25) is 0 Å². The van der Waals surface area contributed by atoms with E-state index in [2.05, 4.69) is 0 Å². The molecule has 0 saturated heterocycles. The van der Waals surface area contributed by atoms with E-state index < -0.39 is 12.1 Å². The molecule has 3 heteroatoms. The van der Waals surface area contributed by atoms with Crippen LogP contribution in [-0.2, 0) is 16.0 Å². The van der Waals surface area contributed by atoms with Gasteiger partial charge in [0, 0.05) is 6.42 Å². The van der Waals surface area contributed by atoms with Gasteiger partial charge in [0.1, 0.15) is 0 Å². The standard InChI is InChI=1S/C15H22O3/c1-10(2)9-18-14(15(16)17)8-13-7-5-6-11(3)12(13)4/h5-7,10,14H,8-9H2,1-4H3,(H,16,17). The molecular weight excluding hydrogens is 228 g/mol. The minimum absolute atomic E-state index is 0.338. The summed E-state index contributed by atoms with van der Waals surface area (Å²) in [5, 5.41) is 9.18. The van der Waals surface area contributed by atoms with Gasteiger partial charge < -0.3 is 9.84 Å². The zero-order valence-corrected chi connectivity index (χ0v) is 11.6. The smallest absolute Gasteiger partial charge is 0.333 e. The molecule has 0 aromatic heterocycles. The zero-order valence-electron chi connectivity index (χ0n) is 11.6. The molecule has 1 N–H and O–H groups in total. The Hall–Kier alpha value is -1.35. The van der Waals surface area contributed by atoms with E-state index in [0.29, 0.717) is 18.9 Å². The number of benzene rings is 1. The number of ether oxygens (including phenoxy) is 1. The lowest BCUT2D eigenvalue weighted by atomic mass is 9.98. The molecule has 0 heterocycles. The van der Waals surface area contributed by atoms with Crippen molar-refractivity contribution in [2.24, 2.45) is 5.92 Å². The highest BCUT2D eigenvalue weighted by Crippen LogP contribution is 2.16. The molecule has 0 aliphatic rings. The van der Waals surface area contributed by atoms with Crippen molar-refractivity contribution in [1.29, 1.82) is 0 Å². The van der Waals surface area contributed by atoms with Crippen LogP contribution >= 0.6 is 0 Å². The maximum atomic E-state index is 11.2. The fraction of sp³-hybridized carbons (Fsp3) is 0.533. The van der Waals surface area contributed by atoms with Crippen molar-refractivity contribution in [3.63, 3.8) is 0 Å². The molecule has 0 spiro atoms. The van der Waals surface area contributed by atoms with Crippen molar-refractivity contribution in [3.8, 4) is 0 Å². The summed E-state index contributed by atoms with van der Waals surface area (Å²) in [6.45, 7) is 8.55. The van der Waals surface area contributed by atoms with Gasteiger partial charge in [-0.3, -0.25) is 0 Å². The second-order valence-corrected chi connectivity index (χ2v) is 5.12. The van der Waals surface area contributed by atoms with Gasteiger partial charge in [0.25, 0.3) is 0 Å². The van der Waals surface area contributed by atoms with Gasteiger partial charge in [-0.25, -0.2) is 4.79 Å². The Labute approximate surface area is 109 Å². The lowest BCUT2D eigenvalue weighted by Gasteiger charge is -2.17. The van der Waals surface area contributed by atoms with E-state index in [1.165, 1.54) is 5.56 Å². The number of rotatable bonds is 6. The van der Waals surface area contributed by atoms with Crippen molar-refractivity contribution < 1.29 is 14.6 Å². The van der Waals surface area contributed by atoms with Crippen LogP contribution in [0.3, 0.4) is 0 Å². The second kappa shape index (κ2) is 6.55. The first-order valence-electron chi connectivity index (χ1n) is 6.31. The van der Waals surface area contributed by atoms with Crippen LogP contribution in [-0.4, -0.2) is 23.8 Å². The fourth-order valence-electron chi connectivity index (χ4n) is 1.76. The lowest BCUT2D eigenvalue weighted by Crippen LogP contribution is -2.28. The molecule has 1 unspecified atom stereocenters. The van der Waals surface area contributed by atoms with Crippen LogP contribution in [0.4, 0.5) is 0 Å². The highest BCUT2D eigenvalue weighted by molar-refractivity contribution is 5.72. The molecular formula is C15H22O3. The molecule has 0 fully saturated rings. The quantitative estimate of drug-likeness (QED) is 0.844. The monoisotopic (exact) mass is 250 g/mol. The van der Waals surface area contributed by atoms with E-state index in [-0.39, 0.29) is 0 Å². The van der Waals surface area contributed by atoms with Crippen LogP contribution in [0.1, 0.15) is 30.5 Å². The summed E-state index contributed by atoms with van der Waals surface area (Å²) >= 11 is 0. The maximum absolute atomic E-state index is 11.2. The highest BCUT2D eigenvalue weighted by atomic mass is 16.5. The summed E-state index contributed by atoms with van der Waals surface area (Å²) in [5.41, 5.74) is 3.38. The first kappa shape index (κ1) is 14.7. The van der Waals surface area contributed by atoms with Gasteiger partial charge in [-0.05, 0) is 36.5 Å². The summed E-state index contributed by atoms with van der Waals surface area (Å²) in [6, 6.07) is 5.96. The molecule has 3 nitrogen and oxygen atoms in total. The molecule has 1 aromatic rings. The van der Waals surface area contributed by atoms with Gasteiger partial charge in [0.15, 0.2) is 6.10 Å². The van der Waals surface area contributed by atoms with E-state index in [9.17, 15) is 9.90 Å². The van der Waals surface area contributed by atoms with Crippen molar-refractivity contribution in [3.05, 3.63) is 34.9 Å². The van der Waals surface area contributed by atoms with Gasteiger partial charge in [0.2, 0.25) is 0 Å². The fourth-order valence-corrected chi connectivity index (χ4v) is 1.76. The van der Waals surface area contributed by atoms with E-state index in [1.807, 2.05) is 45.9 Å². The zero-order chi connectivity index (χ0) is 13.7. The molecule has 1 aromatic carbocycles. The van der Waals surface area contributed by atoms with Crippen molar-refractivity contribution in [1.82, 2.24) is 0 Å². The minimum Gasteiger partial charge on any atom is -0.479 e. The lowest BCUT2D eigenvalue weighted by molar-refractivity contribution is -0.150. The predicted octanol–water partition coefficient (Wildman–Crippen LogP) is 2.97. The van der Waals surface area contributed by atoms with Gasteiger partial charge in [-0.2, -0.15) is 0 Å². The van der Waals surface area contributed by atoms with Gasteiger partial charge in [-0.15, -0.1) is 0 Å². The van der Waals surface area contributed by atoms with E-state index in [1.54, 1.807) is 0 Å². The summed E-state index contributed by atoms with van der Waals surface area (Å²) in [4.78, 5) is 11.2. The van der Waals surface area contributed by atoms with Gasteiger partial charge in [0.05, 0.1) is 6.61 Å². The average molecular weight is 250 g/mol. The van der Waals surface area contributed by atoms with E-state index in [0.717, 1.165) is 11.1 Å². The van der Waals surface area contributed by atoms with Crippen molar-refractivity contribution >= 4 is 5.97 Å². The second-order valence-electron chi connectivity index (χ2n) is 5.12. The van der Waals surface area contributed by atoms with E-state index in [4.69, 9.17) is 4.74 Å². The Morgan fingerprint density at radius 3 is 2.56 bits per heavy atom. The van der Waals surface area contributed by atoms with Crippen molar-refractivity contribution in [2.75, 3.05) is 6.61 Å². The Morgan fingerprint density at radius 2 is 2.00 bits per heavy atom. The SMILES string of the molecule is Cc1cccc(CC(OCC(C)C)C(=O)O)c1C. The first-order chi connectivity index (χ1) is 8.41. The third-order valence-corrected chi connectivity index (χ3v) is 3.03.